The Morgan fingerprint density at radius 2 is 1.80 bits per heavy atom. The van der Waals surface area contributed by atoms with Crippen LogP contribution in [-0.4, -0.2) is 10.1 Å². The molecule has 0 saturated heterocycles. The normalized spacial score (nSPS) is 14.5. The van der Waals surface area contributed by atoms with Gasteiger partial charge in [0.05, 0.1) is 12.5 Å². The van der Waals surface area contributed by atoms with E-state index in [-0.39, 0.29) is 11.7 Å². The Hall–Kier alpha value is -3.86. The minimum atomic E-state index is -0.138. The molecule has 3 N–H and O–H groups in total. The summed E-state index contributed by atoms with van der Waals surface area (Å²) in [7, 11) is 0. The van der Waals surface area contributed by atoms with Gasteiger partial charge in [0.15, 0.2) is 0 Å². The van der Waals surface area contributed by atoms with Crippen molar-refractivity contribution in [3.8, 4) is 17.4 Å². The molecule has 0 fully saturated rings. The maximum atomic E-state index is 9.96. The molecule has 0 amide bonds. The van der Waals surface area contributed by atoms with E-state index in [1.165, 1.54) is 5.56 Å². The number of ether oxygens (including phenoxy) is 1. The van der Waals surface area contributed by atoms with Crippen LogP contribution in [0.2, 0.25) is 0 Å². The zero-order valence-electron chi connectivity index (χ0n) is 16.6. The maximum Gasteiger partial charge on any atom is 0.306 e. The summed E-state index contributed by atoms with van der Waals surface area (Å²) in [6.07, 6.45) is 1.71. The van der Waals surface area contributed by atoms with Gasteiger partial charge in [-0.2, -0.15) is 0 Å². The Bertz CT molecular complexity index is 1220. The second-order valence-electron chi connectivity index (χ2n) is 7.63. The fraction of sp³-hybridized carbons (Fsp3) is 0.120. The monoisotopic (exact) mass is 396 g/mol. The molecule has 1 aliphatic heterocycles. The Morgan fingerprint density at radius 1 is 1.03 bits per heavy atom. The van der Waals surface area contributed by atoms with Gasteiger partial charge in [-0.05, 0) is 24.1 Å². The Labute approximate surface area is 175 Å². The molecule has 0 spiro atoms. The molecule has 0 saturated carbocycles. The first-order valence-corrected chi connectivity index (χ1v) is 9.89. The summed E-state index contributed by atoms with van der Waals surface area (Å²) in [6.45, 7) is 2.69. The first-order valence-electron chi connectivity index (χ1n) is 9.89. The quantitative estimate of drug-likeness (QED) is 0.446. The number of nitrogens with zero attached hydrogens (tertiary/aromatic N) is 2. The summed E-state index contributed by atoms with van der Waals surface area (Å²) in [4.78, 5) is 4.58. The molecule has 4 aromatic rings. The number of aryl methyl sites for hydroxylation is 1. The van der Waals surface area contributed by atoms with Crippen LogP contribution in [0.3, 0.4) is 0 Å². The lowest BCUT2D eigenvalue weighted by Crippen LogP contribution is -2.40. The van der Waals surface area contributed by atoms with Gasteiger partial charge in [-0.25, -0.2) is 4.57 Å². The SMILES string of the molecule is Cc1ccc([C@@H]2c3ccc(O)cc3Oc3nc[n+](Cc4ccccc4)c(N)c32)cc1. The first kappa shape index (κ1) is 18.2. The number of phenols is 1. The van der Waals surface area contributed by atoms with Crippen LogP contribution in [0, 0.1) is 6.92 Å². The van der Waals surface area contributed by atoms with Crippen LogP contribution in [0.4, 0.5) is 5.82 Å². The lowest BCUT2D eigenvalue weighted by Gasteiger charge is -2.27. The standard InChI is InChI=1S/C25H21N3O2/c1-16-7-9-18(10-8-16)22-20-12-11-19(29)13-21(20)30-25-23(22)24(26)28(15-27-25)14-17-5-3-2-4-6-17/h2-13,15,22,26,29H,14H2,1H3/p+1/t22-/m1/s1. The van der Waals surface area contributed by atoms with Gasteiger partial charge >= 0.3 is 5.88 Å². The highest BCUT2D eigenvalue weighted by Gasteiger charge is 2.36. The minimum Gasteiger partial charge on any atom is -0.508 e. The topological polar surface area (TPSA) is 72.2 Å². The molecular formula is C25H22N3O2+. The number of benzene rings is 3. The fourth-order valence-corrected chi connectivity index (χ4v) is 3.99. The average molecular weight is 396 g/mol. The van der Waals surface area contributed by atoms with Crippen molar-refractivity contribution in [1.82, 2.24) is 4.98 Å². The number of nitrogens with two attached hydrogens (primary N) is 1. The van der Waals surface area contributed by atoms with E-state index in [4.69, 9.17) is 10.5 Å². The summed E-state index contributed by atoms with van der Waals surface area (Å²) in [5.41, 5.74) is 11.9. The summed E-state index contributed by atoms with van der Waals surface area (Å²) in [5, 5.41) is 9.96. The lowest BCUT2D eigenvalue weighted by molar-refractivity contribution is -0.677. The molecule has 0 bridgehead atoms. The third-order valence-corrected chi connectivity index (χ3v) is 5.54. The van der Waals surface area contributed by atoms with Crippen molar-refractivity contribution in [3.05, 3.63) is 107 Å². The van der Waals surface area contributed by atoms with Gasteiger partial charge in [-0.15, -0.1) is 0 Å². The van der Waals surface area contributed by atoms with Crippen molar-refractivity contribution < 1.29 is 14.4 Å². The van der Waals surface area contributed by atoms with Crippen LogP contribution in [0.1, 0.15) is 33.7 Å². The molecule has 0 radical (unpaired) electrons. The van der Waals surface area contributed by atoms with E-state index >= 15 is 0 Å². The van der Waals surface area contributed by atoms with Gasteiger partial charge < -0.3 is 15.6 Å². The smallest absolute Gasteiger partial charge is 0.306 e. The van der Waals surface area contributed by atoms with E-state index in [9.17, 15) is 5.11 Å². The van der Waals surface area contributed by atoms with E-state index in [1.54, 1.807) is 18.5 Å². The Kier molecular flexibility index (Phi) is 4.36. The van der Waals surface area contributed by atoms with Crippen LogP contribution in [0.25, 0.3) is 0 Å². The zero-order chi connectivity index (χ0) is 20.7. The van der Waals surface area contributed by atoms with E-state index in [0.29, 0.717) is 24.0 Å². The lowest BCUT2D eigenvalue weighted by atomic mass is 9.83. The number of aromatic nitrogens is 2. The molecule has 3 aromatic carbocycles. The van der Waals surface area contributed by atoms with Crippen LogP contribution in [-0.2, 0) is 6.54 Å². The summed E-state index contributed by atoms with van der Waals surface area (Å²) in [6, 6.07) is 23.8. The number of phenolic OH excluding ortho intramolecular Hbond substituents is 1. The maximum absolute atomic E-state index is 9.96. The van der Waals surface area contributed by atoms with E-state index in [0.717, 1.165) is 22.3 Å². The number of hydrogen-bond donors (Lipinski definition) is 2. The number of nitrogen functional groups attached to an aromatic ring is 1. The van der Waals surface area contributed by atoms with Gasteiger partial charge in [0.2, 0.25) is 12.1 Å². The van der Waals surface area contributed by atoms with Crippen molar-refractivity contribution in [2.75, 3.05) is 5.73 Å². The third-order valence-electron chi connectivity index (χ3n) is 5.54. The second-order valence-corrected chi connectivity index (χ2v) is 7.63. The van der Waals surface area contributed by atoms with Gasteiger partial charge in [-0.3, -0.25) is 0 Å². The molecule has 0 aliphatic carbocycles. The molecule has 5 nitrogen and oxygen atoms in total. The van der Waals surface area contributed by atoms with E-state index in [1.807, 2.05) is 28.8 Å². The molecule has 5 heteroatoms. The molecule has 1 aliphatic rings. The highest BCUT2D eigenvalue weighted by atomic mass is 16.5. The summed E-state index contributed by atoms with van der Waals surface area (Å²) < 4.78 is 8.00. The van der Waals surface area contributed by atoms with Crippen molar-refractivity contribution in [3.63, 3.8) is 0 Å². The number of aromatic hydroxyl groups is 1. The molecule has 5 rings (SSSR count). The predicted molar refractivity (Wildman–Crippen MR) is 115 cm³/mol. The van der Waals surface area contributed by atoms with Crippen LogP contribution in [0.5, 0.6) is 17.4 Å². The number of anilines is 1. The highest BCUT2D eigenvalue weighted by molar-refractivity contribution is 5.62. The van der Waals surface area contributed by atoms with Gasteiger partial charge in [0.1, 0.15) is 17.1 Å². The molecule has 1 atom stereocenters. The van der Waals surface area contributed by atoms with Crippen molar-refractivity contribution >= 4 is 5.82 Å². The number of hydrogen-bond acceptors (Lipinski definition) is 4. The zero-order valence-corrected chi connectivity index (χ0v) is 16.6. The predicted octanol–water partition coefficient (Wildman–Crippen LogP) is 4.30. The van der Waals surface area contributed by atoms with Gasteiger partial charge in [0, 0.05) is 11.6 Å². The molecule has 1 aromatic heterocycles. The van der Waals surface area contributed by atoms with Gasteiger partial charge in [-0.1, -0.05) is 71.2 Å². The Morgan fingerprint density at radius 3 is 2.57 bits per heavy atom. The van der Waals surface area contributed by atoms with Crippen molar-refractivity contribution in [2.24, 2.45) is 0 Å². The number of fused-ring (bicyclic) bond motifs is 2. The molecule has 30 heavy (non-hydrogen) atoms. The van der Waals surface area contributed by atoms with Crippen molar-refractivity contribution in [1.29, 1.82) is 0 Å². The summed E-state index contributed by atoms with van der Waals surface area (Å²) in [5.74, 6) is 1.71. The van der Waals surface area contributed by atoms with Crippen LogP contribution in [0.15, 0.2) is 79.1 Å². The highest BCUT2D eigenvalue weighted by Crippen LogP contribution is 2.48. The molecular weight excluding hydrogens is 374 g/mol. The van der Waals surface area contributed by atoms with Crippen LogP contribution < -0.4 is 15.0 Å². The molecule has 148 valence electrons. The largest absolute Gasteiger partial charge is 0.508 e. The van der Waals surface area contributed by atoms with Crippen LogP contribution >= 0.6 is 0 Å². The molecule has 0 unspecified atom stereocenters. The first-order chi connectivity index (χ1) is 14.6. The minimum absolute atomic E-state index is 0.138. The Balaban J connectivity index is 1.68. The van der Waals surface area contributed by atoms with Gasteiger partial charge in [0.25, 0.3) is 0 Å². The third kappa shape index (κ3) is 3.14. The average Bonchev–Trinajstić information content (AvgIpc) is 2.76. The van der Waals surface area contributed by atoms with E-state index in [2.05, 4.69) is 48.3 Å². The number of rotatable bonds is 3. The van der Waals surface area contributed by atoms with E-state index < -0.39 is 0 Å². The second kappa shape index (κ2) is 7.19. The molecule has 2 heterocycles. The van der Waals surface area contributed by atoms with Crippen molar-refractivity contribution in [2.45, 2.75) is 19.4 Å². The fourth-order valence-electron chi connectivity index (χ4n) is 3.99. The summed E-state index contributed by atoms with van der Waals surface area (Å²) >= 11 is 0.